The Balaban J connectivity index is 1.93. The van der Waals surface area contributed by atoms with Crippen LogP contribution in [0.25, 0.3) is 0 Å². The average molecular weight is 227 g/mol. The maximum absolute atomic E-state index is 8.74. The number of nitrogens with zero attached hydrogens (tertiary/aromatic N) is 1. The third kappa shape index (κ3) is 3.00. The summed E-state index contributed by atoms with van der Waals surface area (Å²) < 4.78 is 5.34. The normalized spacial score (nSPS) is 18.2. The third-order valence-electron chi connectivity index (χ3n) is 2.73. The van der Waals surface area contributed by atoms with Gasteiger partial charge in [0.2, 0.25) is 0 Å². The second-order valence-corrected chi connectivity index (χ2v) is 4.78. The molecule has 3 nitrogen and oxygen atoms in total. The van der Waals surface area contributed by atoms with Gasteiger partial charge >= 0.3 is 0 Å². The van der Waals surface area contributed by atoms with Crippen molar-refractivity contribution in [2.24, 2.45) is 0 Å². The van der Waals surface area contributed by atoms with E-state index in [1.807, 2.05) is 0 Å². The lowest BCUT2D eigenvalue weighted by molar-refractivity contribution is 0.0852. The summed E-state index contributed by atoms with van der Waals surface area (Å²) in [5, 5.41) is 12.1. The van der Waals surface area contributed by atoms with Crippen LogP contribution in [0.4, 0.5) is 0 Å². The third-order valence-corrected chi connectivity index (χ3v) is 3.79. The fraction of sp³-hybridized carbons (Fsp3) is 0.727. The van der Waals surface area contributed by atoms with E-state index >= 15 is 0 Å². The number of aliphatic hydroxyl groups is 1. The number of hydrogen-bond acceptors (Lipinski definition) is 4. The summed E-state index contributed by atoms with van der Waals surface area (Å²) in [5.74, 6) is 0.603. The minimum absolute atomic E-state index is 0.254. The molecule has 0 unspecified atom stereocenters. The number of thiazole rings is 1. The van der Waals surface area contributed by atoms with Gasteiger partial charge in [0.15, 0.2) is 0 Å². The van der Waals surface area contributed by atoms with Crippen LogP contribution in [-0.4, -0.2) is 29.9 Å². The quantitative estimate of drug-likeness (QED) is 0.855. The summed E-state index contributed by atoms with van der Waals surface area (Å²) in [7, 11) is 0. The van der Waals surface area contributed by atoms with E-state index in [-0.39, 0.29) is 6.61 Å². The Morgan fingerprint density at radius 1 is 1.47 bits per heavy atom. The Hall–Kier alpha value is -0.450. The maximum atomic E-state index is 8.74. The molecule has 1 aliphatic heterocycles. The van der Waals surface area contributed by atoms with Crippen molar-refractivity contribution in [2.75, 3.05) is 19.8 Å². The molecule has 1 aliphatic rings. The fourth-order valence-corrected chi connectivity index (χ4v) is 2.86. The molecule has 15 heavy (non-hydrogen) atoms. The van der Waals surface area contributed by atoms with E-state index in [2.05, 4.69) is 10.4 Å². The van der Waals surface area contributed by atoms with Gasteiger partial charge in [0.05, 0.1) is 10.7 Å². The first-order valence-corrected chi connectivity index (χ1v) is 6.41. The van der Waals surface area contributed by atoms with Gasteiger partial charge in [0.25, 0.3) is 0 Å². The molecule has 0 aliphatic carbocycles. The molecule has 0 aromatic carbocycles. The SMILES string of the molecule is OCCCc1csc(C2CCOCC2)n1. The lowest BCUT2D eigenvalue weighted by atomic mass is 10.0. The lowest BCUT2D eigenvalue weighted by Gasteiger charge is -2.19. The molecule has 0 spiro atoms. The van der Waals surface area contributed by atoms with Crippen LogP contribution in [0.1, 0.15) is 35.9 Å². The largest absolute Gasteiger partial charge is 0.396 e. The van der Waals surface area contributed by atoms with Crippen molar-refractivity contribution in [3.8, 4) is 0 Å². The molecule has 0 amide bonds. The zero-order valence-electron chi connectivity index (χ0n) is 8.82. The van der Waals surface area contributed by atoms with Gasteiger partial charge in [-0.05, 0) is 25.7 Å². The smallest absolute Gasteiger partial charge is 0.0960 e. The highest BCUT2D eigenvalue weighted by atomic mass is 32.1. The summed E-state index contributed by atoms with van der Waals surface area (Å²) >= 11 is 1.76. The molecule has 4 heteroatoms. The van der Waals surface area contributed by atoms with Crippen molar-refractivity contribution < 1.29 is 9.84 Å². The molecule has 1 aromatic rings. The highest BCUT2D eigenvalue weighted by molar-refractivity contribution is 7.09. The van der Waals surface area contributed by atoms with Crippen LogP contribution in [0.3, 0.4) is 0 Å². The topological polar surface area (TPSA) is 42.4 Å². The van der Waals surface area contributed by atoms with E-state index in [4.69, 9.17) is 9.84 Å². The molecule has 0 radical (unpaired) electrons. The van der Waals surface area contributed by atoms with Crippen molar-refractivity contribution in [3.63, 3.8) is 0 Å². The molecule has 1 saturated heterocycles. The number of aromatic nitrogens is 1. The molecule has 1 fully saturated rings. The van der Waals surface area contributed by atoms with Crippen LogP contribution >= 0.6 is 11.3 Å². The Morgan fingerprint density at radius 3 is 3.00 bits per heavy atom. The predicted octanol–water partition coefficient (Wildman–Crippen LogP) is 1.96. The molecular formula is C11H17NO2S. The predicted molar refractivity (Wildman–Crippen MR) is 60.3 cm³/mol. The number of ether oxygens (including phenoxy) is 1. The zero-order chi connectivity index (χ0) is 10.5. The van der Waals surface area contributed by atoms with Crippen LogP contribution < -0.4 is 0 Å². The highest BCUT2D eigenvalue weighted by Gasteiger charge is 2.18. The lowest BCUT2D eigenvalue weighted by Crippen LogP contribution is -2.13. The summed E-state index contributed by atoms with van der Waals surface area (Å²) in [6.07, 6.45) is 3.92. The van der Waals surface area contributed by atoms with Gasteiger partial charge in [-0.2, -0.15) is 0 Å². The van der Waals surface area contributed by atoms with E-state index in [0.717, 1.165) is 44.6 Å². The Morgan fingerprint density at radius 2 is 2.27 bits per heavy atom. The average Bonchev–Trinajstić information content (AvgIpc) is 2.76. The summed E-state index contributed by atoms with van der Waals surface area (Å²) in [6, 6.07) is 0. The highest BCUT2D eigenvalue weighted by Crippen LogP contribution is 2.29. The number of rotatable bonds is 4. The van der Waals surface area contributed by atoms with Gasteiger partial charge in [0.1, 0.15) is 0 Å². The number of aliphatic hydroxyl groups excluding tert-OH is 1. The summed E-state index contributed by atoms with van der Waals surface area (Å²) in [5.41, 5.74) is 1.13. The van der Waals surface area contributed by atoms with Gasteiger partial charge in [-0.15, -0.1) is 11.3 Å². The van der Waals surface area contributed by atoms with Crippen LogP contribution in [0.5, 0.6) is 0 Å². The van der Waals surface area contributed by atoms with Gasteiger partial charge in [-0.3, -0.25) is 0 Å². The van der Waals surface area contributed by atoms with Crippen LogP contribution in [0, 0.1) is 0 Å². The fourth-order valence-electron chi connectivity index (χ4n) is 1.83. The van der Waals surface area contributed by atoms with Crippen LogP contribution in [0.15, 0.2) is 5.38 Å². The molecule has 2 rings (SSSR count). The van der Waals surface area contributed by atoms with Gasteiger partial charge in [-0.25, -0.2) is 4.98 Å². The number of hydrogen-bond donors (Lipinski definition) is 1. The minimum Gasteiger partial charge on any atom is -0.396 e. The Labute approximate surface area is 94.1 Å². The second kappa shape index (κ2) is 5.58. The van der Waals surface area contributed by atoms with E-state index in [9.17, 15) is 0 Å². The van der Waals surface area contributed by atoms with Gasteiger partial charge in [0, 0.05) is 31.1 Å². The van der Waals surface area contributed by atoms with Crippen LogP contribution in [-0.2, 0) is 11.2 Å². The van der Waals surface area contributed by atoms with Gasteiger partial charge in [-0.1, -0.05) is 0 Å². The van der Waals surface area contributed by atoms with Crippen molar-refractivity contribution in [1.29, 1.82) is 0 Å². The van der Waals surface area contributed by atoms with E-state index in [1.165, 1.54) is 5.01 Å². The molecule has 0 saturated carbocycles. The van der Waals surface area contributed by atoms with E-state index in [1.54, 1.807) is 11.3 Å². The van der Waals surface area contributed by atoms with E-state index in [0.29, 0.717) is 5.92 Å². The maximum Gasteiger partial charge on any atom is 0.0960 e. The van der Waals surface area contributed by atoms with Crippen molar-refractivity contribution in [3.05, 3.63) is 16.1 Å². The molecule has 84 valence electrons. The molecular weight excluding hydrogens is 210 g/mol. The Kier molecular flexibility index (Phi) is 4.11. The Bertz CT molecular complexity index is 295. The standard InChI is InChI=1S/C11H17NO2S/c13-5-1-2-10-8-15-11(12-10)9-3-6-14-7-4-9/h8-9,13H,1-7H2. The van der Waals surface area contributed by atoms with Crippen molar-refractivity contribution >= 4 is 11.3 Å². The number of aryl methyl sites for hydroxylation is 1. The second-order valence-electron chi connectivity index (χ2n) is 3.89. The van der Waals surface area contributed by atoms with Crippen LogP contribution in [0.2, 0.25) is 0 Å². The minimum atomic E-state index is 0.254. The molecule has 0 bridgehead atoms. The first kappa shape index (κ1) is 11.0. The molecule has 1 N–H and O–H groups in total. The first-order chi connectivity index (χ1) is 7.40. The van der Waals surface area contributed by atoms with E-state index < -0.39 is 0 Å². The summed E-state index contributed by atoms with van der Waals surface area (Å²) in [6.45, 7) is 2.00. The molecule has 0 atom stereocenters. The van der Waals surface area contributed by atoms with Crippen molar-refractivity contribution in [2.45, 2.75) is 31.6 Å². The van der Waals surface area contributed by atoms with Crippen molar-refractivity contribution in [1.82, 2.24) is 4.98 Å². The zero-order valence-corrected chi connectivity index (χ0v) is 9.63. The van der Waals surface area contributed by atoms with Gasteiger partial charge < -0.3 is 9.84 Å². The summed E-state index contributed by atoms with van der Waals surface area (Å²) in [4.78, 5) is 4.62. The molecule has 2 heterocycles. The molecule has 1 aromatic heterocycles. The monoisotopic (exact) mass is 227 g/mol. The first-order valence-electron chi connectivity index (χ1n) is 5.53.